The molecule has 0 unspecified atom stereocenters. The van der Waals surface area contributed by atoms with E-state index in [2.05, 4.69) is 20.7 Å². The number of thiophene rings is 1. The molecule has 2 aromatic rings. The molecule has 1 fully saturated rings. The Labute approximate surface area is 113 Å². The highest BCUT2D eigenvalue weighted by Crippen LogP contribution is 2.31. The molecule has 0 spiro atoms. The molecule has 0 atom stereocenters. The molecule has 0 saturated carbocycles. The molecule has 3 rings (SSSR count). The Morgan fingerprint density at radius 1 is 1.53 bits per heavy atom. The van der Waals surface area contributed by atoms with Crippen LogP contribution < -0.4 is 21.5 Å². The van der Waals surface area contributed by atoms with E-state index in [0.29, 0.717) is 19.0 Å². The SMILES string of the molecule is Cc1cc2c(N3CCNC(=O)C3)nc(NN)nc2s1. The number of hydrogen-bond acceptors (Lipinski definition) is 7. The van der Waals surface area contributed by atoms with E-state index in [-0.39, 0.29) is 5.91 Å². The predicted octanol–water partition coefficient (Wildman–Crippen LogP) is 0.222. The first-order valence-electron chi connectivity index (χ1n) is 5.94. The van der Waals surface area contributed by atoms with Crippen molar-refractivity contribution >= 4 is 39.2 Å². The van der Waals surface area contributed by atoms with Crippen LogP contribution in [0.5, 0.6) is 0 Å². The summed E-state index contributed by atoms with van der Waals surface area (Å²) >= 11 is 1.59. The second-order valence-corrected chi connectivity index (χ2v) is 5.60. The lowest BCUT2D eigenvalue weighted by molar-refractivity contribution is -0.120. The van der Waals surface area contributed by atoms with Crippen LogP contribution in [0.4, 0.5) is 11.8 Å². The first kappa shape index (κ1) is 12.1. The van der Waals surface area contributed by atoms with Crippen LogP contribution in [0, 0.1) is 6.92 Å². The Balaban J connectivity index is 2.12. The molecule has 0 bridgehead atoms. The number of anilines is 2. The Morgan fingerprint density at radius 3 is 3.11 bits per heavy atom. The van der Waals surface area contributed by atoms with Crippen molar-refractivity contribution in [3.63, 3.8) is 0 Å². The van der Waals surface area contributed by atoms with Crippen LogP contribution in [0.1, 0.15) is 4.88 Å². The van der Waals surface area contributed by atoms with Crippen molar-refractivity contribution in [1.29, 1.82) is 0 Å². The number of carbonyl (C=O) groups is 1. The number of nitrogens with one attached hydrogen (secondary N) is 2. The van der Waals surface area contributed by atoms with E-state index in [1.165, 1.54) is 0 Å². The third-order valence-electron chi connectivity index (χ3n) is 2.96. The van der Waals surface area contributed by atoms with Crippen molar-refractivity contribution in [2.45, 2.75) is 6.92 Å². The quantitative estimate of drug-likeness (QED) is 0.537. The maximum Gasteiger partial charge on any atom is 0.240 e. The molecule has 1 aliphatic heterocycles. The molecule has 0 aliphatic carbocycles. The number of hydrogen-bond donors (Lipinski definition) is 3. The molecule has 3 heterocycles. The number of carbonyl (C=O) groups excluding carboxylic acids is 1. The maximum atomic E-state index is 11.5. The van der Waals surface area contributed by atoms with E-state index in [0.717, 1.165) is 27.5 Å². The predicted molar refractivity (Wildman–Crippen MR) is 75.2 cm³/mol. The number of amides is 1. The molecular weight excluding hydrogens is 264 g/mol. The van der Waals surface area contributed by atoms with Gasteiger partial charge in [-0.2, -0.15) is 4.98 Å². The summed E-state index contributed by atoms with van der Waals surface area (Å²) in [6.45, 7) is 3.69. The molecule has 0 radical (unpaired) electrons. The van der Waals surface area contributed by atoms with Gasteiger partial charge in [-0.15, -0.1) is 11.3 Å². The molecule has 1 saturated heterocycles. The zero-order valence-electron chi connectivity index (χ0n) is 10.4. The van der Waals surface area contributed by atoms with E-state index in [1.807, 2.05) is 17.9 Å². The summed E-state index contributed by atoms with van der Waals surface area (Å²) in [5.74, 6) is 6.54. The average Bonchev–Trinajstić information content (AvgIpc) is 2.77. The summed E-state index contributed by atoms with van der Waals surface area (Å²) < 4.78 is 0. The summed E-state index contributed by atoms with van der Waals surface area (Å²) in [6.07, 6.45) is 0. The van der Waals surface area contributed by atoms with Gasteiger partial charge in [0, 0.05) is 18.0 Å². The summed E-state index contributed by atoms with van der Waals surface area (Å²) in [5.41, 5.74) is 2.48. The number of aryl methyl sites for hydroxylation is 1. The summed E-state index contributed by atoms with van der Waals surface area (Å²) in [6, 6.07) is 2.04. The van der Waals surface area contributed by atoms with Crippen molar-refractivity contribution in [3.05, 3.63) is 10.9 Å². The highest BCUT2D eigenvalue weighted by Gasteiger charge is 2.21. The van der Waals surface area contributed by atoms with Crippen molar-refractivity contribution in [1.82, 2.24) is 15.3 Å². The van der Waals surface area contributed by atoms with Gasteiger partial charge < -0.3 is 10.2 Å². The Morgan fingerprint density at radius 2 is 2.37 bits per heavy atom. The lowest BCUT2D eigenvalue weighted by Crippen LogP contribution is -2.48. The van der Waals surface area contributed by atoms with Crippen LogP contribution in [-0.4, -0.2) is 35.5 Å². The topological polar surface area (TPSA) is 96.2 Å². The van der Waals surface area contributed by atoms with Crippen LogP contribution in [-0.2, 0) is 4.79 Å². The fraction of sp³-hybridized carbons (Fsp3) is 0.364. The van der Waals surface area contributed by atoms with Gasteiger partial charge in [0.15, 0.2) is 0 Å². The Bertz CT molecular complexity index is 639. The molecule has 4 N–H and O–H groups in total. The van der Waals surface area contributed by atoms with Crippen LogP contribution in [0.15, 0.2) is 6.07 Å². The molecule has 100 valence electrons. The third-order valence-corrected chi connectivity index (χ3v) is 3.91. The number of hydrazine groups is 1. The van der Waals surface area contributed by atoms with Gasteiger partial charge in [-0.3, -0.25) is 10.2 Å². The molecule has 2 aromatic heterocycles. The molecule has 0 aromatic carbocycles. The molecule has 1 amide bonds. The third kappa shape index (κ3) is 2.20. The van der Waals surface area contributed by atoms with Crippen LogP contribution >= 0.6 is 11.3 Å². The fourth-order valence-corrected chi connectivity index (χ4v) is 3.03. The molecule has 7 nitrogen and oxygen atoms in total. The maximum absolute atomic E-state index is 11.5. The highest BCUT2D eigenvalue weighted by molar-refractivity contribution is 7.18. The van der Waals surface area contributed by atoms with Crippen LogP contribution in [0.3, 0.4) is 0 Å². The highest BCUT2D eigenvalue weighted by atomic mass is 32.1. The zero-order chi connectivity index (χ0) is 13.4. The minimum atomic E-state index is 0.00669. The van der Waals surface area contributed by atoms with E-state index in [1.54, 1.807) is 11.3 Å². The molecular formula is C11H14N6OS. The summed E-state index contributed by atoms with van der Waals surface area (Å²) in [4.78, 5) is 24.2. The first-order chi connectivity index (χ1) is 9.17. The van der Waals surface area contributed by atoms with Gasteiger partial charge in [-0.05, 0) is 13.0 Å². The summed E-state index contributed by atoms with van der Waals surface area (Å²) in [7, 11) is 0. The fourth-order valence-electron chi connectivity index (χ4n) is 2.15. The lowest BCUT2D eigenvalue weighted by Gasteiger charge is -2.28. The Hall–Kier alpha value is -1.93. The minimum Gasteiger partial charge on any atom is -0.353 e. The average molecular weight is 278 g/mol. The van der Waals surface area contributed by atoms with E-state index >= 15 is 0 Å². The summed E-state index contributed by atoms with van der Waals surface area (Å²) in [5, 5.41) is 3.77. The number of piperazine rings is 1. The van der Waals surface area contributed by atoms with E-state index < -0.39 is 0 Å². The number of aromatic nitrogens is 2. The van der Waals surface area contributed by atoms with Crippen molar-refractivity contribution in [2.24, 2.45) is 5.84 Å². The zero-order valence-corrected chi connectivity index (χ0v) is 11.3. The van der Waals surface area contributed by atoms with E-state index in [9.17, 15) is 4.79 Å². The number of rotatable bonds is 2. The van der Waals surface area contributed by atoms with Gasteiger partial charge in [0.1, 0.15) is 10.6 Å². The molecule has 19 heavy (non-hydrogen) atoms. The molecule has 8 heteroatoms. The van der Waals surface area contributed by atoms with Crippen molar-refractivity contribution in [3.8, 4) is 0 Å². The number of nitrogens with two attached hydrogens (primary N) is 1. The van der Waals surface area contributed by atoms with Crippen LogP contribution in [0.2, 0.25) is 0 Å². The van der Waals surface area contributed by atoms with Gasteiger partial charge in [-0.25, -0.2) is 10.8 Å². The minimum absolute atomic E-state index is 0.00669. The number of nitrogen functional groups attached to an aromatic ring is 1. The van der Waals surface area contributed by atoms with Gasteiger partial charge >= 0.3 is 0 Å². The monoisotopic (exact) mass is 278 g/mol. The van der Waals surface area contributed by atoms with Gasteiger partial charge in [0.2, 0.25) is 11.9 Å². The lowest BCUT2D eigenvalue weighted by atomic mass is 10.3. The Kier molecular flexibility index (Phi) is 2.96. The van der Waals surface area contributed by atoms with Gasteiger partial charge in [-0.1, -0.05) is 0 Å². The normalized spacial score (nSPS) is 15.7. The van der Waals surface area contributed by atoms with E-state index in [4.69, 9.17) is 5.84 Å². The number of fused-ring (bicyclic) bond motifs is 1. The van der Waals surface area contributed by atoms with Crippen molar-refractivity contribution in [2.75, 3.05) is 30.0 Å². The van der Waals surface area contributed by atoms with Gasteiger partial charge in [0.25, 0.3) is 0 Å². The second-order valence-electron chi connectivity index (χ2n) is 4.36. The second kappa shape index (κ2) is 4.63. The van der Waals surface area contributed by atoms with Gasteiger partial charge in [0.05, 0.1) is 11.9 Å². The smallest absolute Gasteiger partial charge is 0.240 e. The molecule has 1 aliphatic rings. The first-order valence-corrected chi connectivity index (χ1v) is 6.75. The van der Waals surface area contributed by atoms with Crippen LogP contribution in [0.25, 0.3) is 10.2 Å². The number of nitrogens with zero attached hydrogens (tertiary/aromatic N) is 3. The largest absolute Gasteiger partial charge is 0.353 e. The standard InChI is InChI=1S/C11H14N6OS/c1-6-4-7-9(17-3-2-13-8(18)5-17)14-11(16-12)15-10(7)19-6/h4H,2-3,5,12H2,1H3,(H,13,18)(H,14,15,16). The van der Waals surface area contributed by atoms with Crippen molar-refractivity contribution < 1.29 is 4.79 Å².